The van der Waals surface area contributed by atoms with Crippen LogP contribution >= 0.6 is 0 Å². The number of halogens is 3. The van der Waals surface area contributed by atoms with Crippen LogP contribution in [0.4, 0.5) is 13.2 Å². The molecule has 0 saturated heterocycles. The highest BCUT2D eigenvalue weighted by molar-refractivity contribution is 5.69. The van der Waals surface area contributed by atoms with Crippen LogP contribution < -0.4 is 0 Å². The fraction of sp³-hybridized carbons (Fsp3) is 0.241. The number of hydrogen-bond acceptors (Lipinski definition) is 0. The Balaban J connectivity index is 1.30. The Morgan fingerprint density at radius 2 is 1.12 bits per heavy atom. The Labute approximate surface area is 188 Å². The number of benzene rings is 3. The van der Waals surface area contributed by atoms with Gasteiger partial charge in [0.05, 0.1) is 5.56 Å². The van der Waals surface area contributed by atoms with Gasteiger partial charge < -0.3 is 0 Å². The molecule has 0 N–H and O–H groups in total. The molecule has 164 valence electrons. The third-order valence-electron chi connectivity index (χ3n) is 6.11. The molecule has 0 nitrogen and oxygen atoms in total. The quantitative estimate of drug-likeness (QED) is 0.365. The number of allylic oxidation sites excluding steroid dienone is 4. The summed E-state index contributed by atoms with van der Waals surface area (Å²) in [6.45, 7) is 2.18. The van der Waals surface area contributed by atoms with Gasteiger partial charge in [0.2, 0.25) is 0 Å². The summed E-state index contributed by atoms with van der Waals surface area (Å²) < 4.78 is 38.2. The van der Waals surface area contributed by atoms with Gasteiger partial charge in [0.15, 0.2) is 0 Å². The first kappa shape index (κ1) is 22.1. The minimum Gasteiger partial charge on any atom is -0.166 e. The SMILES string of the molecule is CC1=CC=C(c2ccc(CCCc3ccc(-c4ccc(C(F)(F)F)cc4)cc3)cc2)CC1. The van der Waals surface area contributed by atoms with E-state index < -0.39 is 11.7 Å². The Hall–Kier alpha value is -3.07. The first-order chi connectivity index (χ1) is 15.4. The van der Waals surface area contributed by atoms with E-state index in [1.165, 1.54) is 40.0 Å². The molecule has 1 aliphatic carbocycles. The molecule has 0 heterocycles. The second kappa shape index (κ2) is 9.60. The van der Waals surface area contributed by atoms with Gasteiger partial charge in [0.25, 0.3) is 0 Å². The fourth-order valence-electron chi connectivity index (χ4n) is 4.08. The molecule has 0 saturated carbocycles. The average molecular weight is 433 g/mol. The van der Waals surface area contributed by atoms with Crippen molar-refractivity contribution >= 4 is 5.57 Å². The fourth-order valence-corrected chi connectivity index (χ4v) is 4.08. The van der Waals surface area contributed by atoms with E-state index in [1.54, 1.807) is 0 Å². The van der Waals surface area contributed by atoms with E-state index in [2.05, 4.69) is 55.5 Å². The molecule has 3 aromatic carbocycles. The lowest BCUT2D eigenvalue weighted by molar-refractivity contribution is -0.137. The molecular weight excluding hydrogens is 405 g/mol. The van der Waals surface area contributed by atoms with Gasteiger partial charge in [-0.05, 0) is 84.6 Å². The first-order valence-corrected chi connectivity index (χ1v) is 11.1. The monoisotopic (exact) mass is 432 g/mol. The minimum absolute atomic E-state index is 0.617. The van der Waals surface area contributed by atoms with Crippen molar-refractivity contribution in [3.05, 3.63) is 113 Å². The van der Waals surface area contributed by atoms with Gasteiger partial charge in [-0.2, -0.15) is 13.2 Å². The summed E-state index contributed by atoms with van der Waals surface area (Å²) in [7, 11) is 0. The second-order valence-corrected chi connectivity index (χ2v) is 8.53. The molecule has 32 heavy (non-hydrogen) atoms. The lowest BCUT2D eigenvalue weighted by Crippen LogP contribution is -2.03. The molecular formula is C29H27F3. The number of hydrogen-bond donors (Lipinski definition) is 0. The van der Waals surface area contributed by atoms with Gasteiger partial charge in [0, 0.05) is 0 Å². The summed E-state index contributed by atoms with van der Waals surface area (Å²) in [5.41, 5.74) is 7.87. The van der Waals surface area contributed by atoms with Crippen molar-refractivity contribution in [2.75, 3.05) is 0 Å². The summed E-state index contributed by atoms with van der Waals surface area (Å²) >= 11 is 0. The highest BCUT2D eigenvalue weighted by Gasteiger charge is 2.29. The number of rotatable bonds is 6. The van der Waals surface area contributed by atoms with Crippen LogP contribution in [0, 0.1) is 0 Å². The largest absolute Gasteiger partial charge is 0.416 e. The lowest BCUT2D eigenvalue weighted by Gasteiger charge is -2.13. The number of alkyl halides is 3. The van der Waals surface area contributed by atoms with Crippen molar-refractivity contribution in [1.29, 1.82) is 0 Å². The maximum atomic E-state index is 12.7. The second-order valence-electron chi connectivity index (χ2n) is 8.53. The van der Waals surface area contributed by atoms with Gasteiger partial charge in [-0.15, -0.1) is 0 Å². The molecule has 0 fully saturated rings. The zero-order valence-electron chi connectivity index (χ0n) is 18.3. The van der Waals surface area contributed by atoms with E-state index in [0.29, 0.717) is 0 Å². The van der Waals surface area contributed by atoms with Gasteiger partial charge in [-0.3, -0.25) is 0 Å². The molecule has 0 spiro atoms. The van der Waals surface area contributed by atoms with Crippen molar-refractivity contribution in [2.45, 2.75) is 45.2 Å². The van der Waals surface area contributed by atoms with Crippen LogP contribution in [0.1, 0.15) is 48.4 Å². The molecule has 4 rings (SSSR count). The van der Waals surface area contributed by atoms with E-state index >= 15 is 0 Å². The molecule has 0 radical (unpaired) electrons. The van der Waals surface area contributed by atoms with Crippen LogP contribution in [-0.2, 0) is 19.0 Å². The van der Waals surface area contributed by atoms with E-state index in [4.69, 9.17) is 0 Å². The van der Waals surface area contributed by atoms with E-state index in [0.717, 1.165) is 55.4 Å². The Kier molecular flexibility index (Phi) is 6.64. The topological polar surface area (TPSA) is 0 Å². The van der Waals surface area contributed by atoms with Gasteiger partial charge in [-0.1, -0.05) is 78.4 Å². The minimum atomic E-state index is -4.30. The lowest BCUT2D eigenvalue weighted by atomic mass is 9.93. The third kappa shape index (κ3) is 5.59. The summed E-state index contributed by atoms with van der Waals surface area (Å²) in [6.07, 6.45) is 5.48. The summed E-state index contributed by atoms with van der Waals surface area (Å²) in [5, 5.41) is 0. The van der Waals surface area contributed by atoms with Crippen LogP contribution in [0.25, 0.3) is 16.7 Å². The van der Waals surface area contributed by atoms with Crippen molar-refractivity contribution in [3.8, 4) is 11.1 Å². The van der Waals surface area contributed by atoms with Crippen molar-refractivity contribution in [1.82, 2.24) is 0 Å². The molecule has 0 aliphatic heterocycles. The normalized spacial score (nSPS) is 14.1. The molecule has 0 bridgehead atoms. The summed E-state index contributed by atoms with van der Waals surface area (Å²) in [5.74, 6) is 0. The van der Waals surface area contributed by atoms with Crippen LogP contribution in [0.15, 0.2) is 90.5 Å². The van der Waals surface area contributed by atoms with E-state index in [-0.39, 0.29) is 0 Å². The predicted molar refractivity (Wildman–Crippen MR) is 126 cm³/mol. The highest BCUT2D eigenvalue weighted by atomic mass is 19.4. The molecule has 0 atom stereocenters. The zero-order chi connectivity index (χ0) is 22.6. The highest BCUT2D eigenvalue weighted by Crippen LogP contribution is 2.31. The molecule has 1 aliphatic rings. The molecule has 0 amide bonds. The zero-order valence-corrected chi connectivity index (χ0v) is 18.3. The van der Waals surface area contributed by atoms with Crippen LogP contribution in [-0.4, -0.2) is 0 Å². The first-order valence-electron chi connectivity index (χ1n) is 11.1. The van der Waals surface area contributed by atoms with Gasteiger partial charge in [0.1, 0.15) is 0 Å². The maximum absolute atomic E-state index is 12.7. The standard InChI is InChI=1S/C29H27F3/c1-21-5-11-24(12-6-21)25-13-7-22(8-14-25)3-2-4-23-9-15-26(16-10-23)27-17-19-28(20-18-27)29(30,31)32/h5,7-11,13-20H,2-4,6,12H2,1H3. The van der Waals surface area contributed by atoms with Crippen molar-refractivity contribution < 1.29 is 13.2 Å². The van der Waals surface area contributed by atoms with Crippen LogP contribution in [0.3, 0.4) is 0 Å². The Bertz CT molecular complexity index is 1100. The Morgan fingerprint density at radius 1 is 0.625 bits per heavy atom. The van der Waals surface area contributed by atoms with Crippen molar-refractivity contribution in [2.24, 2.45) is 0 Å². The summed E-state index contributed by atoms with van der Waals surface area (Å²) in [4.78, 5) is 0. The molecule has 0 aromatic heterocycles. The summed E-state index contributed by atoms with van der Waals surface area (Å²) in [6, 6.07) is 22.4. The third-order valence-corrected chi connectivity index (χ3v) is 6.11. The van der Waals surface area contributed by atoms with E-state index in [9.17, 15) is 13.2 Å². The maximum Gasteiger partial charge on any atom is 0.416 e. The molecule has 3 heteroatoms. The smallest absolute Gasteiger partial charge is 0.166 e. The molecule has 3 aromatic rings. The predicted octanol–water partition coefficient (Wildman–Crippen LogP) is 8.67. The molecule has 0 unspecified atom stereocenters. The average Bonchev–Trinajstić information content (AvgIpc) is 2.80. The Morgan fingerprint density at radius 3 is 1.59 bits per heavy atom. The van der Waals surface area contributed by atoms with Gasteiger partial charge >= 0.3 is 6.18 Å². The van der Waals surface area contributed by atoms with E-state index in [1.807, 2.05) is 12.1 Å². The van der Waals surface area contributed by atoms with Crippen molar-refractivity contribution in [3.63, 3.8) is 0 Å². The van der Waals surface area contributed by atoms with Crippen LogP contribution in [0.5, 0.6) is 0 Å². The van der Waals surface area contributed by atoms with Crippen LogP contribution in [0.2, 0.25) is 0 Å². The van der Waals surface area contributed by atoms with Gasteiger partial charge in [-0.25, -0.2) is 0 Å². The number of aryl methyl sites for hydroxylation is 2.